The van der Waals surface area contributed by atoms with Crippen LogP contribution in [0.3, 0.4) is 0 Å². The number of aliphatic hydroxyl groups is 1. The van der Waals surface area contributed by atoms with Gasteiger partial charge in [-0.05, 0) is 62.4 Å². The normalized spacial score (nSPS) is 51.0. The quantitative estimate of drug-likeness (QED) is 0.748. The van der Waals surface area contributed by atoms with Crippen molar-refractivity contribution in [1.29, 1.82) is 0 Å². The molecule has 4 aliphatic carbocycles. The summed E-state index contributed by atoms with van der Waals surface area (Å²) in [7, 11) is 0. The smallest absolute Gasteiger partial charge is 0.159 e. The Balaban J connectivity index is 1.80. The Morgan fingerprint density at radius 1 is 1.09 bits per heavy atom. The highest BCUT2D eigenvalue weighted by molar-refractivity contribution is 6.00. The van der Waals surface area contributed by atoms with Crippen molar-refractivity contribution in [2.75, 3.05) is 0 Å². The number of ketones is 2. The van der Waals surface area contributed by atoms with Gasteiger partial charge in [-0.3, -0.25) is 9.59 Å². The Bertz CT molecular complexity index is 577. The first-order valence-electron chi connectivity index (χ1n) is 8.82. The van der Waals surface area contributed by atoms with Crippen LogP contribution in [0.2, 0.25) is 0 Å². The zero-order valence-electron chi connectivity index (χ0n) is 13.6. The maximum atomic E-state index is 12.9. The molecule has 0 bridgehead atoms. The standard InChI is InChI=1S/C19H26O3/c1-18-6-3-4-13(18)17-14(5-7-18)19(2)11(9-15(17)21)8-12(20)10-16(19)22/h9,12-14,17,20H,3-8,10H2,1-2H3/t12?,13-,14-,17-,18-,19-/m0/s1. The zero-order chi connectivity index (χ0) is 15.7. The third kappa shape index (κ3) is 1.72. The highest BCUT2D eigenvalue weighted by Crippen LogP contribution is 2.63. The Hall–Kier alpha value is -0.960. The number of rotatable bonds is 0. The van der Waals surface area contributed by atoms with Gasteiger partial charge < -0.3 is 5.11 Å². The van der Waals surface area contributed by atoms with Gasteiger partial charge in [0, 0.05) is 12.3 Å². The third-order valence-corrected chi connectivity index (χ3v) is 7.56. The predicted octanol–water partition coefficient (Wildman–Crippen LogP) is 3.06. The molecule has 3 saturated carbocycles. The fourth-order valence-corrected chi connectivity index (χ4v) is 6.24. The van der Waals surface area contributed by atoms with Crippen molar-refractivity contribution in [2.24, 2.45) is 28.6 Å². The number of carbonyl (C=O) groups excluding carboxylic acids is 2. The first kappa shape index (κ1) is 14.6. The first-order chi connectivity index (χ1) is 10.4. The van der Waals surface area contributed by atoms with E-state index in [-0.39, 0.29) is 29.8 Å². The summed E-state index contributed by atoms with van der Waals surface area (Å²) >= 11 is 0. The van der Waals surface area contributed by atoms with Gasteiger partial charge in [-0.25, -0.2) is 0 Å². The lowest BCUT2D eigenvalue weighted by Gasteiger charge is -2.55. The van der Waals surface area contributed by atoms with Crippen LogP contribution in [0, 0.1) is 28.6 Å². The van der Waals surface area contributed by atoms with E-state index in [0.29, 0.717) is 17.8 Å². The zero-order valence-corrected chi connectivity index (χ0v) is 13.6. The fourth-order valence-electron chi connectivity index (χ4n) is 6.24. The van der Waals surface area contributed by atoms with E-state index >= 15 is 0 Å². The SMILES string of the molecule is C[C@@]12CCC[C@H]1[C@@H]1C(=O)C=C3CC(O)CC(=O)[C@]3(C)[C@H]1CC2. The molecule has 4 rings (SSSR count). The number of fused-ring (bicyclic) bond motifs is 5. The lowest BCUT2D eigenvalue weighted by molar-refractivity contribution is -0.144. The number of allylic oxidation sites excluding steroid dienone is 1. The van der Waals surface area contributed by atoms with Gasteiger partial charge in [-0.15, -0.1) is 0 Å². The van der Waals surface area contributed by atoms with Gasteiger partial charge >= 0.3 is 0 Å². The second kappa shape index (κ2) is 4.53. The molecule has 0 heterocycles. The van der Waals surface area contributed by atoms with Crippen molar-refractivity contribution in [3.8, 4) is 0 Å². The minimum absolute atomic E-state index is 0.0363. The Morgan fingerprint density at radius 3 is 2.64 bits per heavy atom. The summed E-state index contributed by atoms with van der Waals surface area (Å²) < 4.78 is 0. The van der Waals surface area contributed by atoms with Gasteiger partial charge in [-0.1, -0.05) is 18.9 Å². The van der Waals surface area contributed by atoms with E-state index in [2.05, 4.69) is 13.8 Å². The van der Waals surface area contributed by atoms with Crippen LogP contribution in [0.5, 0.6) is 0 Å². The van der Waals surface area contributed by atoms with Crippen LogP contribution in [0.25, 0.3) is 0 Å². The molecule has 0 aromatic carbocycles. The van der Waals surface area contributed by atoms with Crippen LogP contribution in [-0.2, 0) is 9.59 Å². The summed E-state index contributed by atoms with van der Waals surface area (Å²) in [6, 6.07) is 0. The molecule has 0 aliphatic heterocycles. The summed E-state index contributed by atoms with van der Waals surface area (Å²) in [4.78, 5) is 25.6. The molecule has 0 spiro atoms. The lowest BCUT2D eigenvalue weighted by atomic mass is 9.47. The molecule has 1 unspecified atom stereocenters. The van der Waals surface area contributed by atoms with Crippen LogP contribution >= 0.6 is 0 Å². The lowest BCUT2D eigenvalue weighted by Crippen LogP contribution is -2.55. The van der Waals surface area contributed by atoms with E-state index in [0.717, 1.165) is 24.8 Å². The topological polar surface area (TPSA) is 54.4 Å². The highest BCUT2D eigenvalue weighted by Gasteiger charge is 2.60. The molecule has 3 nitrogen and oxygen atoms in total. The van der Waals surface area contributed by atoms with Crippen molar-refractivity contribution in [3.05, 3.63) is 11.6 Å². The fraction of sp³-hybridized carbons (Fsp3) is 0.789. The molecule has 120 valence electrons. The summed E-state index contributed by atoms with van der Waals surface area (Å²) in [6.07, 6.45) is 7.61. The minimum Gasteiger partial charge on any atom is -0.392 e. The van der Waals surface area contributed by atoms with E-state index in [1.165, 1.54) is 12.8 Å². The van der Waals surface area contributed by atoms with E-state index in [4.69, 9.17) is 0 Å². The average molecular weight is 302 g/mol. The predicted molar refractivity (Wildman–Crippen MR) is 83.1 cm³/mol. The maximum Gasteiger partial charge on any atom is 0.159 e. The van der Waals surface area contributed by atoms with Gasteiger partial charge in [0.25, 0.3) is 0 Å². The molecule has 22 heavy (non-hydrogen) atoms. The third-order valence-electron chi connectivity index (χ3n) is 7.56. The second-order valence-corrected chi connectivity index (χ2v) is 8.58. The molecule has 0 aromatic rings. The number of hydrogen-bond donors (Lipinski definition) is 1. The highest BCUT2D eigenvalue weighted by atomic mass is 16.3. The van der Waals surface area contributed by atoms with Gasteiger partial charge in [0.2, 0.25) is 0 Å². The Morgan fingerprint density at radius 2 is 1.86 bits per heavy atom. The van der Waals surface area contributed by atoms with Gasteiger partial charge in [0.05, 0.1) is 11.5 Å². The summed E-state index contributed by atoms with van der Waals surface area (Å²) in [6.45, 7) is 4.40. The molecule has 0 radical (unpaired) electrons. The average Bonchev–Trinajstić information content (AvgIpc) is 2.83. The minimum atomic E-state index is -0.600. The van der Waals surface area contributed by atoms with Gasteiger partial charge in [-0.2, -0.15) is 0 Å². The number of Topliss-reactive ketones (excluding diaryl/α,β-unsaturated/α-hetero) is 1. The van der Waals surface area contributed by atoms with Crippen molar-refractivity contribution >= 4 is 11.6 Å². The van der Waals surface area contributed by atoms with E-state index in [9.17, 15) is 14.7 Å². The second-order valence-electron chi connectivity index (χ2n) is 8.58. The van der Waals surface area contributed by atoms with Gasteiger partial charge in [0.1, 0.15) is 5.78 Å². The van der Waals surface area contributed by atoms with Crippen LogP contribution < -0.4 is 0 Å². The summed E-state index contributed by atoms with van der Waals surface area (Å²) in [5.41, 5.74) is 0.710. The van der Waals surface area contributed by atoms with Gasteiger partial charge in [0.15, 0.2) is 5.78 Å². The van der Waals surface area contributed by atoms with Crippen molar-refractivity contribution in [2.45, 2.75) is 64.9 Å². The van der Waals surface area contributed by atoms with E-state index < -0.39 is 11.5 Å². The molecule has 3 fully saturated rings. The van der Waals surface area contributed by atoms with Crippen LogP contribution in [0.15, 0.2) is 11.6 Å². The number of carbonyl (C=O) groups is 2. The monoisotopic (exact) mass is 302 g/mol. The van der Waals surface area contributed by atoms with Crippen LogP contribution in [0.1, 0.15) is 58.8 Å². The molecule has 6 atom stereocenters. The molecular weight excluding hydrogens is 276 g/mol. The Kier molecular flexibility index (Phi) is 3.01. The van der Waals surface area contributed by atoms with Crippen LogP contribution in [-0.4, -0.2) is 22.8 Å². The van der Waals surface area contributed by atoms with E-state index in [1.807, 2.05) is 0 Å². The molecule has 4 aliphatic rings. The first-order valence-corrected chi connectivity index (χ1v) is 8.82. The Labute approximate surface area is 132 Å². The van der Waals surface area contributed by atoms with Crippen molar-refractivity contribution in [1.82, 2.24) is 0 Å². The molecular formula is C19H26O3. The number of aliphatic hydroxyl groups excluding tert-OH is 1. The maximum absolute atomic E-state index is 12.9. The van der Waals surface area contributed by atoms with Crippen LogP contribution in [0.4, 0.5) is 0 Å². The summed E-state index contributed by atoms with van der Waals surface area (Å²) in [5, 5.41) is 9.93. The number of hydrogen-bond acceptors (Lipinski definition) is 3. The molecule has 3 heteroatoms. The van der Waals surface area contributed by atoms with Crippen molar-refractivity contribution in [3.63, 3.8) is 0 Å². The molecule has 1 N–H and O–H groups in total. The molecule has 0 amide bonds. The van der Waals surface area contributed by atoms with E-state index in [1.54, 1.807) is 6.08 Å². The summed E-state index contributed by atoms with van der Waals surface area (Å²) in [5.74, 6) is 1.04. The molecule has 0 aromatic heterocycles. The largest absolute Gasteiger partial charge is 0.392 e. The van der Waals surface area contributed by atoms with Crippen molar-refractivity contribution < 1.29 is 14.7 Å². The molecule has 0 saturated heterocycles.